The normalized spacial score (nSPS) is 10.3. The van der Waals surface area contributed by atoms with Crippen LogP contribution in [0.5, 0.6) is 5.75 Å². The molecular formula is C14H19N3OS. The minimum atomic E-state index is 0.460. The van der Waals surface area contributed by atoms with Crippen LogP contribution in [0.1, 0.15) is 18.2 Å². The highest BCUT2D eigenvalue weighted by Gasteiger charge is 2.10. The van der Waals surface area contributed by atoms with Crippen molar-refractivity contribution in [3.05, 3.63) is 36.0 Å². The van der Waals surface area contributed by atoms with E-state index in [9.17, 15) is 0 Å². The van der Waals surface area contributed by atoms with Crippen molar-refractivity contribution in [1.82, 2.24) is 4.98 Å². The van der Waals surface area contributed by atoms with Gasteiger partial charge in [0.15, 0.2) is 5.75 Å². The molecule has 0 radical (unpaired) electrons. The van der Waals surface area contributed by atoms with E-state index in [4.69, 9.17) is 16.5 Å². The second-order valence-corrected chi connectivity index (χ2v) is 3.71. The van der Waals surface area contributed by atoms with Crippen LogP contribution >= 0.6 is 12.6 Å². The van der Waals surface area contributed by atoms with Crippen molar-refractivity contribution >= 4 is 41.4 Å². The number of benzene rings is 1. The molecule has 1 heterocycles. The molecule has 102 valence electrons. The molecule has 0 unspecified atom stereocenters. The van der Waals surface area contributed by atoms with E-state index in [1.807, 2.05) is 25.1 Å². The zero-order valence-electron chi connectivity index (χ0n) is 11.1. The van der Waals surface area contributed by atoms with E-state index in [0.717, 1.165) is 22.2 Å². The second-order valence-electron chi connectivity index (χ2n) is 3.71. The Morgan fingerprint density at radius 1 is 1.37 bits per heavy atom. The molecule has 0 amide bonds. The number of rotatable bonds is 3. The predicted octanol–water partition coefficient (Wildman–Crippen LogP) is 3.22. The van der Waals surface area contributed by atoms with Crippen molar-refractivity contribution in [3.63, 3.8) is 0 Å². The largest absolute Gasteiger partial charge is 0.409 e. The Balaban J connectivity index is 0.000000861. The maximum Gasteiger partial charge on any atom is 0.171 e. The Hall–Kier alpha value is -1.85. The van der Waals surface area contributed by atoms with Crippen molar-refractivity contribution < 1.29 is 4.84 Å². The van der Waals surface area contributed by atoms with Gasteiger partial charge in [-0.05, 0) is 25.3 Å². The highest BCUT2D eigenvalue weighted by molar-refractivity contribution is 7.79. The number of nitrogens with two attached hydrogens (primary N) is 2. The van der Waals surface area contributed by atoms with Crippen LogP contribution in [0.2, 0.25) is 0 Å². The molecular weight excluding hydrogens is 258 g/mol. The van der Waals surface area contributed by atoms with Gasteiger partial charge in [0.1, 0.15) is 0 Å². The molecule has 0 spiro atoms. The predicted molar refractivity (Wildman–Crippen MR) is 87.2 cm³/mol. The molecule has 0 aliphatic carbocycles. The Kier molecular flexibility index (Phi) is 5.54. The van der Waals surface area contributed by atoms with Crippen LogP contribution in [0, 0.1) is 0 Å². The van der Waals surface area contributed by atoms with Crippen molar-refractivity contribution in [3.8, 4) is 5.75 Å². The number of aromatic amines is 1. The molecule has 2 aromatic rings. The van der Waals surface area contributed by atoms with Crippen LogP contribution < -0.4 is 16.5 Å². The van der Waals surface area contributed by atoms with Crippen LogP contribution in [-0.4, -0.2) is 11.2 Å². The van der Waals surface area contributed by atoms with Gasteiger partial charge in [0.05, 0.1) is 11.2 Å². The number of thiol groups is 1. The first kappa shape index (κ1) is 15.2. The third-order valence-corrected chi connectivity index (χ3v) is 2.66. The summed E-state index contributed by atoms with van der Waals surface area (Å²) in [5, 5.41) is 1.01. The fourth-order valence-corrected chi connectivity index (χ4v) is 1.90. The minimum Gasteiger partial charge on any atom is -0.409 e. The van der Waals surface area contributed by atoms with Crippen LogP contribution in [0.4, 0.5) is 5.69 Å². The topological polar surface area (TPSA) is 77.1 Å². The summed E-state index contributed by atoms with van der Waals surface area (Å²) in [5.74, 6) is 5.61. The number of hydrogen-bond acceptors (Lipinski definition) is 4. The van der Waals surface area contributed by atoms with E-state index in [2.05, 4.69) is 24.2 Å². The third-order valence-electron chi connectivity index (χ3n) is 2.66. The van der Waals surface area contributed by atoms with E-state index in [1.165, 1.54) is 0 Å². The zero-order valence-corrected chi connectivity index (χ0v) is 12.0. The molecule has 1 aromatic heterocycles. The molecule has 5 N–H and O–H groups in total. The average molecular weight is 277 g/mol. The number of aromatic nitrogens is 1. The van der Waals surface area contributed by atoms with Crippen LogP contribution in [0.15, 0.2) is 24.8 Å². The third kappa shape index (κ3) is 2.94. The van der Waals surface area contributed by atoms with Crippen LogP contribution in [-0.2, 0) is 0 Å². The molecule has 4 nitrogen and oxygen atoms in total. The van der Waals surface area contributed by atoms with Crippen molar-refractivity contribution in [2.75, 3.05) is 12.0 Å². The maximum atomic E-state index is 5.83. The smallest absolute Gasteiger partial charge is 0.171 e. The number of nitrogens with one attached hydrogen (secondary N) is 1. The number of nitrogen functional groups attached to an aromatic ring is 1. The lowest BCUT2D eigenvalue weighted by Gasteiger charge is -2.03. The summed E-state index contributed by atoms with van der Waals surface area (Å²) in [4.78, 5) is 7.98. The summed E-state index contributed by atoms with van der Waals surface area (Å²) in [6.07, 6.45) is 7.44. The monoisotopic (exact) mass is 277 g/mol. The SMILES string of the molecule is C=Cc1c(/C=C\C)[nH]c2cc(ON)c(N)cc12.CS. The Labute approximate surface area is 118 Å². The van der Waals surface area contributed by atoms with Gasteiger partial charge < -0.3 is 15.6 Å². The van der Waals surface area contributed by atoms with Gasteiger partial charge >= 0.3 is 0 Å². The number of H-pyrrole nitrogens is 1. The van der Waals surface area contributed by atoms with Gasteiger partial charge in [-0.1, -0.05) is 18.7 Å². The first-order valence-corrected chi connectivity index (χ1v) is 6.62. The van der Waals surface area contributed by atoms with Crippen LogP contribution in [0.3, 0.4) is 0 Å². The van der Waals surface area contributed by atoms with Gasteiger partial charge in [0.25, 0.3) is 0 Å². The van der Waals surface area contributed by atoms with E-state index in [0.29, 0.717) is 11.4 Å². The number of anilines is 1. The summed E-state index contributed by atoms with van der Waals surface area (Å²) < 4.78 is 0. The summed E-state index contributed by atoms with van der Waals surface area (Å²) in [6, 6.07) is 3.61. The summed E-state index contributed by atoms with van der Waals surface area (Å²) in [6.45, 7) is 5.78. The number of allylic oxidation sites excluding steroid dienone is 1. The van der Waals surface area contributed by atoms with Gasteiger partial charge in [-0.15, -0.1) is 0 Å². The van der Waals surface area contributed by atoms with Gasteiger partial charge in [0, 0.05) is 22.7 Å². The molecule has 0 atom stereocenters. The fraction of sp³-hybridized carbons (Fsp3) is 0.143. The van der Waals surface area contributed by atoms with Gasteiger partial charge in [-0.25, -0.2) is 0 Å². The van der Waals surface area contributed by atoms with Gasteiger partial charge in [-0.3, -0.25) is 0 Å². The minimum absolute atomic E-state index is 0.460. The lowest BCUT2D eigenvalue weighted by molar-refractivity contribution is 0.337. The summed E-state index contributed by atoms with van der Waals surface area (Å²) in [5.41, 5.74) is 9.27. The first-order chi connectivity index (χ1) is 9.21. The van der Waals surface area contributed by atoms with E-state index >= 15 is 0 Å². The number of hydrogen-bond donors (Lipinski definition) is 4. The molecule has 5 heteroatoms. The molecule has 2 rings (SSSR count). The number of fused-ring (bicyclic) bond motifs is 1. The highest BCUT2D eigenvalue weighted by atomic mass is 32.1. The molecule has 1 aromatic carbocycles. The first-order valence-electron chi connectivity index (χ1n) is 5.73. The summed E-state index contributed by atoms with van der Waals surface area (Å²) >= 11 is 3.53. The Morgan fingerprint density at radius 3 is 2.58 bits per heavy atom. The summed E-state index contributed by atoms with van der Waals surface area (Å²) in [7, 11) is 0. The molecule has 0 fully saturated rings. The van der Waals surface area contributed by atoms with Crippen molar-refractivity contribution in [2.45, 2.75) is 6.92 Å². The van der Waals surface area contributed by atoms with E-state index < -0.39 is 0 Å². The van der Waals surface area contributed by atoms with Gasteiger partial charge in [-0.2, -0.15) is 18.5 Å². The lowest BCUT2D eigenvalue weighted by Crippen LogP contribution is -2.04. The fourth-order valence-electron chi connectivity index (χ4n) is 1.90. The second kappa shape index (κ2) is 6.92. The molecule has 0 aliphatic rings. The zero-order chi connectivity index (χ0) is 14.4. The Bertz CT molecular complexity index is 602. The average Bonchev–Trinajstić information content (AvgIpc) is 2.76. The Morgan fingerprint density at radius 2 is 2.05 bits per heavy atom. The quantitative estimate of drug-likeness (QED) is 0.395. The lowest BCUT2D eigenvalue weighted by atomic mass is 10.1. The highest BCUT2D eigenvalue weighted by Crippen LogP contribution is 2.32. The van der Waals surface area contributed by atoms with E-state index in [-0.39, 0.29) is 0 Å². The molecule has 0 saturated carbocycles. The standard InChI is InChI=1S/C13H15N3O.CH4S/c1-3-5-11-8(4-2)9-6-10(14)13(17-15)7-12(9)16-11;1-2/h3-7,16H,2,14-15H2,1H3;2H,1H3/b5-3-;. The van der Waals surface area contributed by atoms with Crippen LogP contribution in [0.25, 0.3) is 23.1 Å². The van der Waals surface area contributed by atoms with Crippen molar-refractivity contribution in [1.29, 1.82) is 0 Å². The maximum absolute atomic E-state index is 5.83. The van der Waals surface area contributed by atoms with Crippen molar-refractivity contribution in [2.24, 2.45) is 5.90 Å². The van der Waals surface area contributed by atoms with E-state index in [1.54, 1.807) is 18.4 Å². The molecule has 0 aliphatic heterocycles. The molecule has 19 heavy (non-hydrogen) atoms. The molecule has 0 saturated heterocycles. The van der Waals surface area contributed by atoms with Gasteiger partial charge in [0.2, 0.25) is 0 Å². The molecule has 0 bridgehead atoms.